The zero-order valence-electron chi connectivity index (χ0n) is 16.1. The zero-order valence-corrected chi connectivity index (χ0v) is 16.9. The molecule has 1 amide bonds. The van der Waals surface area contributed by atoms with Crippen LogP contribution < -0.4 is 4.72 Å². The number of nitrogens with zero attached hydrogens (tertiary/aromatic N) is 2. The molecule has 0 radical (unpaired) electrons. The van der Waals surface area contributed by atoms with Gasteiger partial charge in [0, 0.05) is 37.3 Å². The molecular weight excluding hydrogens is 394 g/mol. The summed E-state index contributed by atoms with van der Waals surface area (Å²) in [5, 5.41) is 10.8. The van der Waals surface area contributed by atoms with E-state index in [4.69, 9.17) is 0 Å². The van der Waals surface area contributed by atoms with Gasteiger partial charge in [-0.3, -0.25) is 14.9 Å². The second-order valence-electron chi connectivity index (χ2n) is 7.23. The van der Waals surface area contributed by atoms with Crippen LogP contribution in [-0.2, 0) is 10.0 Å². The Morgan fingerprint density at radius 1 is 1.17 bits per heavy atom. The van der Waals surface area contributed by atoms with Gasteiger partial charge in [0.25, 0.3) is 11.6 Å². The number of non-ortho nitro benzene ring substituents is 1. The summed E-state index contributed by atoms with van der Waals surface area (Å²) < 4.78 is 27.6. The van der Waals surface area contributed by atoms with Crippen molar-refractivity contribution in [3.8, 4) is 0 Å². The maximum atomic E-state index is 12.7. The number of sulfonamides is 1. The normalized spacial score (nSPS) is 17.1. The third-order valence-corrected chi connectivity index (χ3v) is 6.46. The van der Waals surface area contributed by atoms with Crippen LogP contribution in [0.2, 0.25) is 0 Å². The summed E-state index contributed by atoms with van der Waals surface area (Å²) in [7, 11) is -3.60. The van der Waals surface area contributed by atoms with Crippen molar-refractivity contribution < 1.29 is 18.1 Å². The van der Waals surface area contributed by atoms with Crippen LogP contribution >= 0.6 is 0 Å². The standard InChI is InChI=1S/C20H23N3O5S/c1-15-4-10-19(11-5-15)29(27,28)21-13-16-3-2-12-22(14-16)20(24)17-6-8-18(9-7-17)23(25)26/h4-11,16,21H,2-3,12-14H2,1H3. The summed E-state index contributed by atoms with van der Waals surface area (Å²) in [6.45, 7) is 3.16. The molecule has 154 valence electrons. The summed E-state index contributed by atoms with van der Waals surface area (Å²) >= 11 is 0. The Morgan fingerprint density at radius 3 is 2.45 bits per heavy atom. The van der Waals surface area contributed by atoms with Crippen molar-refractivity contribution in [1.29, 1.82) is 0 Å². The predicted molar refractivity (Wildman–Crippen MR) is 108 cm³/mol. The number of benzene rings is 2. The number of rotatable bonds is 6. The van der Waals surface area contributed by atoms with E-state index >= 15 is 0 Å². The van der Waals surface area contributed by atoms with E-state index in [2.05, 4.69) is 4.72 Å². The Hall–Kier alpha value is -2.78. The van der Waals surface area contributed by atoms with Gasteiger partial charge in [0.1, 0.15) is 0 Å². The summed E-state index contributed by atoms with van der Waals surface area (Å²) in [5.74, 6) is -0.197. The first-order valence-corrected chi connectivity index (χ1v) is 10.8. The van der Waals surface area contributed by atoms with Crippen molar-refractivity contribution in [2.75, 3.05) is 19.6 Å². The number of likely N-dealkylation sites (tertiary alicyclic amines) is 1. The number of nitro benzene ring substituents is 1. The first kappa shape index (κ1) is 20.9. The van der Waals surface area contributed by atoms with Crippen molar-refractivity contribution in [1.82, 2.24) is 9.62 Å². The molecular formula is C20H23N3O5S. The minimum atomic E-state index is -3.60. The third-order valence-electron chi connectivity index (χ3n) is 5.02. The van der Waals surface area contributed by atoms with Crippen LogP contribution in [0.5, 0.6) is 0 Å². The third kappa shape index (κ3) is 5.18. The largest absolute Gasteiger partial charge is 0.338 e. The molecule has 3 rings (SSSR count). The van der Waals surface area contributed by atoms with Crippen LogP contribution in [0.1, 0.15) is 28.8 Å². The lowest BCUT2D eigenvalue weighted by molar-refractivity contribution is -0.384. The minimum Gasteiger partial charge on any atom is -0.338 e. The summed E-state index contributed by atoms with van der Waals surface area (Å²) in [6, 6.07) is 12.2. The van der Waals surface area contributed by atoms with E-state index in [0.29, 0.717) is 18.7 Å². The maximum Gasteiger partial charge on any atom is 0.269 e. The average molecular weight is 417 g/mol. The molecule has 9 heteroatoms. The molecule has 29 heavy (non-hydrogen) atoms. The van der Waals surface area contributed by atoms with E-state index in [1.54, 1.807) is 29.2 Å². The topological polar surface area (TPSA) is 110 Å². The van der Waals surface area contributed by atoms with E-state index in [-0.39, 0.29) is 29.0 Å². The molecule has 8 nitrogen and oxygen atoms in total. The molecule has 0 spiro atoms. The summed E-state index contributed by atoms with van der Waals surface area (Å²) in [6.07, 6.45) is 1.59. The molecule has 0 saturated carbocycles. The van der Waals surface area contributed by atoms with Crippen LogP contribution in [0.15, 0.2) is 53.4 Å². The van der Waals surface area contributed by atoms with Crippen LogP contribution in [0.4, 0.5) is 5.69 Å². The van der Waals surface area contributed by atoms with E-state index in [1.807, 2.05) is 6.92 Å². The van der Waals surface area contributed by atoms with Crippen molar-refractivity contribution in [2.45, 2.75) is 24.7 Å². The Balaban J connectivity index is 1.60. The fourth-order valence-corrected chi connectivity index (χ4v) is 4.47. The zero-order chi connectivity index (χ0) is 21.0. The van der Waals surface area contributed by atoms with Gasteiger partial charge >= 0.3 is 0 Å². The van der Waals surface area contributed by atoms with Crippen molar-refractivity contribution in [3.05, 3.63) is 69.8 Å². The SMILES string of the molecule is Cc1ccc(S(=O)(=O)NCC2CCCN(C(=O)c3ccc([N+](=O)[O-])cc3)C2)cc1. The number of carbonyl (C=O) groups is 1. The number of amides is 1. The highest BCUT2D eigenvalue weighted by atomic mass is 32.2. The molecule has 2 aromatic rings. The molecule has 1 N–H and O–H groups in total. The van der Waals surface area contributed by atoms with Crippen molar-refractivity contribution in [3.63, 3.8) is 0 Å². The molecule has 1 aliphatic rings. The number of hydrogen-bond donors (Lipinski definition) is 1. The lowest BCUT2D eigenvalue weighted by Crippen LogP contribution is -2.43. The molecule has 1 fully saturated rings. The molecule has 2 aromatic carbocycles. The lowest BCUT2D eigenvalue weighted by atomic mass is 9.97. The molecule has 0 bridgehead atoms. The summed E-state index contributed by atoms with van der Waals surface area (Å²) in [5.41, 5.74) is 1.30. The maximum absolute atomic E-state index is 12.7. The first-order valence-electron chi connectivity index (χ1n) is 9.36. The van der Waals surface area contributed by atoms with Gasteiger partial charge in [-0.15, -0.1) is 0 Å². The fourth-order valence-electron chi connectivity index (χ4n) is 3.35. The quantitative estimate of drug-likeness (QED) is 0.574. The Kier molecular flexibility index (Phi) is 6.29. The smallest absolute Gasteiger partial charge is 0.269 e. The molecule has 0 aliphatic carbocycles. The number of nitro groups is 1. The Bertz CT molecular complexity index is 988. The van der Waals surface area contributed by atoms with Crippen LogP contribution in [-0.4, -0.2) is 43.8 Å². The van der Waals surface area contributed by atoms with Gasteiger partial charge in [-0.1, -0.05) is 17.7 Å². The number of aryl methyl sites for hydroxylation is 1. The van der Waals surface area contributed by atoms with Crippen LogP contribution in [0.3, 0.4) is 0 Å². The highest BCUT2D eigenvalue weighted by molar-refractivity contribution is 7.89. The van der Waals surface area contributed by atoms with E-state index < -0.39 is 14.9 Å². The van der Waals surface area contributed by atoms with Gasteiger partial charge in [0.15, 0.2) is 0 Å². The lowest BCUT2D eigenvalue weighted by Gasteiger charge is -2.33. The molecule has 1 atom stereocenters. The van der Waals surface area contributed by atoms with Crippen LogP contribution in [0, 0.1) is 23.0 Å². The second kappa shape index (κ2) is 8.71. The van der Waals surface area contributed by atoms with Gasteiger partial charge in [-0.05, 0) is 49.9 Å². The van der Waals surface area contributed by atoms with Gasteiger partial charge < -0.3 is 4.90 Å². The Morgan fingerprint density at radius 2 is 1.83 bits per heavy atom. The highest BCUT2D eigenvalue weighted by Crippen LogP contribution is 2.20. The Labute approximate surface area is 169 Å². The highest BCUT2D eigenvalue weighted by Gasteiger charge is 2.26. The van der Waals surface area contributed by atoms with Gasteiger partial charge in [-0.25, -0.2) is 13.1 Å². The van der Waals surface area contributed by atoms with Gasteiger partial charge in [-0.2, -0.15) is 0 Å². The van der Waals surface area contributed by atoms with Gasteiger partial charge in [0.05, 0.1) is 9.82 Å². The molecule has 1 unspecified atom stereocenters. The average Bonchev–Trinajstić information content (AvgIpc) is 2.72. The monoisotopic (exact) mass is 417 g/mol. The molecule has 1 aliphatic heterocycles. The number of piperidine rings is 1. The summed E-state index contributed by atoms with van der Waals surface area (Å²) in [4.78, 5) is 24.8. The predicted octanol–water partition coefficient (Wildman–Crippen LogP) is 2.73. The van der Waals surface area contributed by atoms with Crippen molar-refractivity contribution in [2.24, 2.45) is 5.92 Å². The van der Waals surface area contributed by atoms with E-state index in [9.17, 15) is 23.3 Å². The van der Waals surface area contributed by atoms with Crippen molar-refractivity contribution >= 4 is 21.6 Å². The van der Waals surface area contributed by atoms with Crippen LogP contribution in [0.25, 0.3) is 0 Å². The number of hydrogen-bond acceptors (Lipinski definition) is 5. The van der Waals surface area contributed by atoms with E-state index in [0.717, 1.165) is 18.4 Å². The van der Waals surface area contributed by atoms with Gasteiger partial charge in [0.2, 0.25) is 10.0 Å². The second-order valence-corrected chi connectivity index (χ2v) is 9.00. The minimum absolute atomic E-state index is 0.00553. The molecule has 1 saturated heterocycles. The molecule has 0 aromatic heterocycles. The number of nitrogens with one attached hydrogen (secondary N) is 1. The molecule has 1 heterocycles. The first-order chi connectivity index (χ1) is 13.8. The van der Waals surface area contributed by atoms with E-state index in [1.165, 1.54) is 24.3 Å². The fraction of sp³-hybridized carbons (Fsp3) is 0.350. The number of carbonyl (C=O) groups excluding carboxylic acids is 1.